The van der Waals surface area contributed by atoms with Gasteiger partial charge in [-0.05, 0) is 51.0 Å². The first-order valence-corrected chi connectivity index (χ1v) is 5.44. The van der Waals surface area contributed by atoms with E-state index in [9.17, 15) is 4.79 Å². The van der Waals surface area contributed by atoms with Crippen LogP contribution in [0.3, 0.4) is 0 Å². The van der Waals surface area contributed by atoms with Crippen molar-refractivity contribution in [1.29, 1.82) is 0 Å². The summed E-state index contributed by atoms with van der Waals surface area (Å²) in [6, 6.07) is 5.87. The smallest absolute Gasteiger partial charge is 0.347 e. The van der Waals surface area contributed by atoms with Gasteiger partial charge < -0.3 is 9.47 Å². The minimum atomic E-state index is -0.568. The maximum absolute atomic E-state index is 11.4. The molecule has 0 heterocycles. The molecule has 1 aromatic rings. The summed E-state index contributed by atoms with van der Waals surface area (Å²) in [5.41, 5.74) is 2.23. The van der Waals surface area contributed by atoms with E-state index in [0.29, 0.717) is 12.4 Å². The molecule has 0 saturated carbocycles. The van der Waals surface area contributed by atoms with Crippen LogP contribution < -0.4 is 4.74 Å². The minimum Gasteiger partial charge on any atom is -0.479 e. The van der Waals surface area contributed by atoms with Crippen LogP contribution in [0.25, 0.3) is 0 Å². The number of benzene rings is 1. The van der Waals surface area contributed by atoms with Crippen LogP contribution in [0, 0.1) is 13.8 Å². The lowest BCUT2D eigenvalue weighted by molar-refractivity contribution is -0.150. The summed E-state index contributed by atoms with van der Waals surface area (Å²) < 4.78 is 10.4. The highest BCUT2D eigenvalue weighted by Gasteiger charge is 2.15. The monoisotopic (exact) mass is 222 g/mol. The van der Waals surface area contributed by atoms with Gasteiger partial charge in [0, 0.05) is 0 Å². The van der Waals surface area contributed by atoms with Crippen LogP contribution in [0.1, 0.15) is 25.0 Å². The van der Waals surface area contributed by atoms with Gasteiger partial charge in [-0.1, -0.05) is 6.07 Å². The van der Waals surface area contributed by atoms with E-state index in [1.54, 1.807) is 13.8 Å². The van der Waals surface area contributed by atoms with Crippen molar-refractivity contribution >= 4 is 5.97 Å². The van der Waals surface area contributed by atoms with Crippen LogP contribution in [-0.2, 0) is 9.53 Å². The first-order chi connectivity index (χ1) is 7.52. The van der Waals surface area contributed by atoms with E-state index in [4.69, 9.17) is 9.47 Å². The van der Waals surface area contributed by atoms with Gasteiger partial charge >= 0.3 is 5.97 Å². The fourth-order valence-electron chi connectivity index (χ4n) is 1.51. The Labute approximate surface area is 96.4 Å². The first kappa shape index (κ1) is 12.6. The molecule has 88 valence electrons. The largest absolute Gasteiger partial charge is 0.479 e. The van der Waals surface area contributed by atoms with E-state index in [2.05, 4.69) is 6.07 Å². The third kappa shape index (κ3) is 3.57. The molecule has 1 aromatic carbocycles. The normalized spacial score (nSPS) is 12.0. The Hall–Kier alpha value is -1.51. The maximum atomic E-state index is 11.4. The van der Waals surface area contributed by atoms with Crippen LogP contribution in [0.15, 0.2) is 18.2 Å². The number of hydrogen-bond acceptors (Lipinski definition) is 3. The molecule has 0 amide bonds. The molecule has 0 fully saturated rings. The molecule has 0 radical (unpaired) electrons. The molecule has 1 rings (SSSR count). The lowest BCUT2D eigenvalue weighted by atomic mass is 10.1. The van der Waals surface area contributed by atoms with Gasteiger partial charge in [-0.15, -0.1) is 0 Å². The SMILES string of the molecule is CCOC(=O)[C@@H](C)Oc1cc(C)cc(C)c1. The Bertz CT molecular complexity index is 351. The van der Waals surface area contributed by atoms with Crippen molar-refractivity contribution in [1.82, 2.24) is 0 Å². The minimum absolute atomic E-state index is 0.332. The van der Waals surface area contributed by atoms with Gasteiger partial charge in [-0.2, -0.15) is 0 Å². The summed E-state index contributed by atoms with van der Waals surface area (Å²) in [5, 5.41) is 0. The van der Waals surface area contributed by atoms with Crippen molar-refractivity contribution in [2.45, 2.75) is 33.8 Å². The lowest BCUT2D eigenvalue weighted by Crippen LogP contribution is -2.26. The zero-order valence-corrected chi connectivity index (χ0v) is 10.2. The zero-order valence-electron chi connectivity index (χ0n) is 10.2. The number of rotatable bonds is 4. The van der Waals surface area contributed by atoms with E-state index in [1.165, 1.54) is 0 Å². The number of aryl methyl sites for hydroxylation is 2. The van der Waals surface area contributed by atoms with Gasteiger partial charge in [-0.3, -0.25) is 0 Å². The number of carbonyl (C=O) groups excluding carboxylic acids is 1. The number of ether oxygens (including phenoxy) is 2. The summed E-state index contributed by atoms with van der Waals surface area (Å²) in [7, 11) is 0. The molecule has 0 bridgehead atoms. The van der Waals surface area contributed by atoms with Gasteiger partial charge in [0.1, 0.15) is 5.75 Å². The standard InChI is InChI=1S/C13H18O3/c1-5-15-13(14)11(4)16-12-7-9(2)6-10(3)8-12/h6-8,11H,5H2,1-4H3/t11-/m1/s1. The molecular formula is C13H18O3. The second-order valence-electron chi connectivity index (χ2n) is 3.84. The van der Waals surface area contributed by atoms with Crippen LogP contribution in [0.4, 0.5) is 0 Å². The molecule has 0 aromatic heterocycles. The third-order valence-electron chi connectivity index (χ3n) is 2.13. The van der Waals surface area contributed by atoms with Crippen molar-refractivity contribution in [2.24, 2.45) is 0 Å². The highest BCUT2D eigenvalue weighted by Crippen LogP contribution is 2.17. The molecule has 0 aliphatic rings. The average Bonchev–Trinajstić information content (AvgIpc) is 2.16. The first-order valence-electron chi connectivity index (χ1n) is 5.44. The van der Waals surface area contributed by atoms with E-state index in [-0.39, 0.29) is 5.97 Å². The highest BCUT2D eigenvalue weighted by molar-refractivity contribution is 5.74. The number of hydrogen-bond donors (Lipinski definition) is 0. The van der Waals surface area contributed by atoms with Crippen LogP contribution in [-0.4, -0.2) is 18.7 Å². The van der Waals surface area contributed by atoms with Gasteiger partial charge in [-0.25, -0.2) is 4.79 Å². The van der Waals surface area contributed by atoms with Gasteiger partial charge in [0.2, 0.25) is 0 Å². The molecule has 3 heteroatoms. The predicted octanol–water partition coefficient (Wildman–Crippen LogP) is 2.63. The fourth-order valence-corrected chi connectivity index (χ4v) is 1.51. The summed E-state index contributed by atoms with van der Waals surface area (Å²) in [4.78, 5) is 11.4. The topological polar surface area (TPSA) is 35.5 Å². The fraction of sp³-hybridized carbons (Fsp3) is 0.462. The average molecular weight is 222 g/mol. The Morgan fingerprint density at radius 3 is 2.31 bits per heavy atom. The van der Waals surface area contributed by atoms with Crippen molar-refractivity contribution < 1.29 is 14.3 Å². The maximum Gasteiger partial charge on any atom is 0.347 e. The molecule has 0 aliphatic heterocycles. The quantitative estimate of drug-likeness (QED) is 0.735. The summed E-state index contributed by atoms with van der Waals surface area (Å²) in [6.07, 6.45) is -0.568. The van der Waals surface area contributed by atoms with Crippen molar-refractivity contribution in [3.8, 4) is 5.75 Å². The van der Waals surface area contributed by atoms with Crippen molar-refractivity contribution in [2.75, 3.05) is 6.61 Å². The summed E-state index contributed by atoms with van der Waals surface area (Å²) in [6.45, 7) is 7.83. The second kappa shape index (κ2) is 5.54. The van der Waals surface area contributed by atoms with Crippen LogP contribution in [0.5, 0.6) is 5.75 Å². The number of esters is 1. The van der Waals surface area contributed by atoms with Crippen LogP contribution >= 0.6 is 0 Å². The zero-order chi connectivity index (χ0) is 12.1. The van der Waals surface area contributed by atoms with Gasteiger partial charge in [0.25, 0.3) is 0 Å². The summed E-state index contributed by atoms with van der Waals surface area (Å²) in [5.74, 6) is 0.375. The van der Waals surface area contributed by atoms with Crippen molar-refractivity contribution in [3.05, 3.63) is 29.3 Å². The highest BCUT2D eigenvalue weighted by atomic mass is 16.6. The third-order valence-corrected chi connectivity index (χ3v) is 2.13. The molecule has 0 aliphatic carbocycles. The van der Waals surface area contributed by atoms with Crippen LogP contribution in [0.2, 0.25) is 0 Å². The molecule has 16 heavy (non-hydrogen) atoms. The lowest BCUT2D eigenvalue weighted by Gasteiger charge is -2.14. The van der Waals surface area contributed by atoms with Gasteiger partial charge in [0.05, 0.1) is 6.61 Å². The molecule has 0 N–H and O–H groups in total. The van der Waals surface area contributed by atoms with E-state index < -0.39 is 6.10 Å². The Balaban J connectivity index is 2.69. The number of carbonyl (C=O) groups is 1. The Morgan fingerprint density at radius 2 is 1.81 bits per heavy atom. The van der Waals surface area contributed by atoms with E-state index >= 15 is 0 Å². The van der Waals surface area contributed by atoms with E-state index in [0.717, 1.165) is 11.1 Å². The molecule has 3 nitrogen and oxygen atoms in total. The molecule has 0 saturated heterocycles. The molecular weight excluding hydrogens is 204 g/mol. The predicted molar refractivity (Wildman–Crippen MR) is 62.6 cm³/mol. The van der Waals surface area contributed by atoms with E-state index in [1.807, 2.05) is 26.0 Å². The molecule has 0 spiro atoms. The Kier molecular flexibility index (Phi) is 4.35. The molecule has 0 unspecified atom stereocenters. The Morgan fingerprint density at radius 1 is 1.25 bits per heavy atom. The summed E-state index contributed by atoms with van der Waals surface area (Å²) >= 11 is 0. The van der Waals surface area contributed by atoms with Gasteiger partial charge in [0.15, 0.2) is 6.10 Å². The van der Waals surface area contributed by atoms with Crippen molar-refractivity contribution in [3.63, 3.8) is 0 Å². The molecule has 1 atom stereocenters. The second-order valence-corrected chi connectivity index (χ2v) is 3.84.